The number of carbonyl (C=O) groups excluding carboxylic acids is 1. The highest BCUT2D eigenvalue weighted by molar-refractivity contribution is 7.98. The summed E-state index contributed by atoms with van der Waals surface area (Å²) >= 11 is 1.84. The third-order valence-electron chi connectivity index (χ3n) is 3.38. The van der Waals surface area contributed by atoms with Gasteiger partial charge >= 0.3 is 0 Å². The fraction of sp³-hybridized carbons (Fsp3) is 0.917. The van der Waals surface area contributed by atoms with Crippen molar-refractivity contribution in [3.63, 3.8) is 0 Å². The Morgan fingerprint density at radius 3 is 2.94 bits per heavy atom. The SMILES string of the molecule is CSCCC(C)N(C)C(=O)CC1CCCN1. The predicted octanol–water partition coefficient (Wildman–Crippen LogP) is 1.73. The molecule has 0 radical (unpaired) electrons. The summed E-state index contributed by atoms with van der Waals surface area (Å²) in [6.45, 7) is 3.21. The topological polar surface area (TPSA) is 32.3 Å². The van der Waals surface area contributed by atoms with Crippen molar-refractivity contribution in [2.45, 2.75) is 44.7 Å². The first-order chi connectivity index (χ1) is 7.65. The first-order valence-electron chi connectivity index (χ1n) is 6.13. The van der Waals surface area contributed by atoms with Gasteiger partial charge in [0, 0.05) is 25.6 Å². The van der Waals surface area contributed by atoms with E-state index < -0.39 is 0 Å². The van der Waals surface area contributed by atoms with Crippen LogP contribution in [0.1, 0.15) is 32.6 Å². The lowest BCUT2D eigenvalue weighted by Crippen LogP contribution is -2.38. The number of thioether (sulfide) groups is 1. The summed E-state index contributed by atoms with van der Waals surface area (Å²) < 4.78 is 0. The second kappa shape index (κ2) is 7.17. The lowest BCUT2D eigenvalue weighted by Gasteiger charge is -2.26. The van der Waals surface area contributed by atoms with Crippen LogP contribution in [0, 0.1) is 0 Å². The number of carbonyl (C=O) groups is 1. The summed E-state index contributed by atoms with van der Waals surface area (Å²) in [4.78, 5) is 13.9. The van der Waals surface area contributed by atoms with Gasteiger partial charge < -0.3 is 10.2 Å². The fourth-order valence-electron chi connectivity index (χ4n) is 2.01. The predicted molar refractivity (Wildman–Crippen MR) is 70.9 cm³/mol. The Labute approximate surface area is 103 Å². The molecule has 0 spiro atoms. The minimum atomic E-state index is 0.285. The maximum atomic E-state index is 12.0. The van der Waals surface area contributed by atoms with Gasteiger partial charge in [-0.25, -0.2) is 0 Å². The zero-order valence-corrected chi connectivity index (χ0v) is 11.5. The summed E-state index contributed by atoms with van der Waals surface area (Å²) in [5, 5.41) is 3.37. The number of hydrogen-bond acceptors (Lipinski definition) is 3. The van der Waals surface area contributed by atoms with E-state index in [1.807, 2.05) is 23.7 Å². The molecule has 0 saturated carbocycles. The van der Waals surface area contributed by atoms with Crippen LogP contribution in [-0.2, 0) is 4.79 Å². The molecule has 0 aliphatic carbocycles. The highest BCUT2D eigenvalue weighted by atomic mass is 32.2. The van der Waals surface area contributed by atoms with Gasteiger partial charge in [0.1, 0.15) is 0 Å². The summed E-state index contributed by atoms with van der Waals surface area (Å²) in [5.74, 6) is 1.41. The van der Waals surface area contributed by atoms with Gasteiger partial charge in [0.05, 0.1) is 0 Å². The monoisotopic (exact) mass is 244 g/mol. The van der Waals surface area contributed by atoms with E-state index >= 15 is 0 Å². The van der Waals surface area contributed by atoms with E-state index in [-0.39, 0.29) is 5.91 Å². The molecule has 0 bridgehead atoms. The van der Waals surface area contributed by atoms with Gasteiger partial charge in [0.15, 0.2) is 0 Å². The first kappa shape index (κ1) is 13.8. The smallest absolute Gasteiger partial charge is 0.224 e. The van der Waals surface area contributed by atoms with Crippen LogP contribution in [0.2, 0.25) is 0 Å². The van der Waals surface area contributed by atoms with Crippen molar-refractivity contribution in [3.8, 4) is 0 Å². The Hall–Kier alpha value is -0.220. The van der Waals surface area contributed by atoms with Crippen molar-refractivity contribution < 1.29 is 4.79 Å². The van der Waals surface area contributed by atoms with Gasteiger partial charge in [-0.3, -0.25) is 4.79 Å². The van der Waals surface area contributed by atoms with Crippen molar-refractivity contribution in [3.05, 3.63) is 0 Å². The molecular weight excluding hydrogens is 220 g/mol. The molecule has 1 rings (SSSR count). The average molecular weight is 244 g/mol. The Balaban J connectivity index is 2.28. The molecule has 1 N–H and O–H groups in total. The number of hydrogen-bond donors (Lipinski definition) is 1. The van der Waals surface area contributed by atoms with Crippen LogP contribution in [0.4, 0.5) is 0 Å². The molecule has 1 aliphatic rings. The van der Waals surface area contributed by atoms with E-state index in [1.165, 1.54) is 6.42 Å². The standard InChI is InChI=1S/C12H24N2OS/c1-10(6-8-16-3)14(2)12(15)9-11-5-4-7-13-11/h10-11,13H,4-9H2,1-3H3. The van der Waals surface area contributed by atoms with Crippen LogP contribution in [0.15, 0.2) is 0 Å². The Kier molecular flexibility index (Phi) is 6.21. The normalized spacial score (nSPS) is 22.1. The molecule has 0 aromatic carbocycles. The molecule has 94 valence electrons. The second-order valence-corrected chi connectivity index (χ2v) is 5.62. The van der Waals surface area contributed by atoms with Crippen LogP contribution in [0.5, 0.6) is 0 Å². The Bertz CT molecular complexity index is 217. The molecule has 2 unspecified atom stereocenters. The van der Waals surface area contributed by atoms with Gasteiger partial charge in [-0.05, 0) is 44.7 Å². The lowest BCUT2D eigenvalue weighted by atomic mass is 10.1. The van der Waals surface area contributed by atoms with Crippen molar-refractivity contribution in [2.75, 3.05) is 25.6 Å². The maximum absolute atomic E-state index is 12.0. The molecule has 4 heteroatoms. The van der Waals surface area contributed by atoms with E-state index in [0.717, 1.165) is 25.1 Å². The lowest BCUT2D eigenvalue weighted by molar-refractivity contribution is -0.132. The highest BCUT2D eigenvalue weighted by Crippen LogP contribution is 2.12. The molecule has 16 heavy (non-hydrogen) atoms. The molecule has 1 fully saturated rings. The van der Waals surface area contributed by atoms with Crippen LogP contribution < -0.4 is 5.32 Å². The molecule has 0 aromatic heterocycles. The quantitative estimate of drug-likeness (QED) is 0.772. The van der Waals surface area contributed by atoms with Gasteiger partial charge in [-0.15, -0.1) is 0 Å². The van der Waals surface area contributed by atoms with Crippen molar-refractivity contribution in [1.82, 2.24) is 10.2 Å². The molecular formula is C12H24N2OS. The highest BCUT2D eigenvalue weighted by Gasteiger charge is 2.21. The summed E-state index contributed by atoms with van der Waals surface area (Å²) in [5.41, 5.74) is 0. The Morgan fingerprint density at radius 1 is 1.62 bits per heavy atom. The molecule has 1 saturated heterocycles. The van der Waals surface area contributed by atoms with Gasteiger partial charge in [0.2, 0.25) is 5.91 Å². The zero-order valence-electron chi connectivity index (χ0n) is 10.7. The minimum Gasteiger partial charge on any atom is -0.343 e. The van der Waals surface area contributed by atoms with E-state index in [0.29, 0.717) is 18.5 Å². The fourth-order valence-corrected chi connectivity index (χ4v) is 2.59. The van der Waals surface area contributed by atoms with Crippen LogP contribution in [-0.4, -0.2) is 48.5 Å². The number of nitrogens with zero attached hydrogens (tertiary/aromatic N) is 1. The van der Waals surface area contributed by atoms with Crippen molar-refractivity contribution in [2.24, 2.45) is 0 Å². The number of nitrogens with one attached hydrogen (secondary N) is 1. The largest absolute Gasteiger partial charge is 0.343 e. The molecule has 2 atom stereocenters. The first-order valence-corrected chi connectivity index (χ1v) is 7.52. The van der Waals surface area contributed by atoms with E-state index in [2.05, 4.69) is 18.5 Å². The summed E-state index contributed by atoms with van der Waals surface area (Å²) in [6.07, 6.45) is 6.22. The van der Waals surface area contributed by atoms with E-state index in [1.54, 1.807) is 0 Å². The molecule has 1 heterocycles. The van der Waals surface area contributed by atoms with E-state index in [4.69, 9.17) is 0 Å². The van der Waals surface area contributed by atoms with Gasteiger partial charge in [0.25, 0.3) is 0 Å². The number of amides is 1. The third-order valence-corrected chi connectivity index (χ3v) is 4.02. The van der Waals surface area contributed by atoms with Crippen LogP contribution >= 0.6 is 11.8 Å². The number of rotatable bonds is 6. The summed E-state index contributed by atoms with van der Waals surface area (Å²) in [7, 11) is 1.93. The summed E-state index contributed by atoms with van der Waals surface area (Å²) in [6, 6.07) is 0.782. The van der Waals surface area contributed by atoms with Crippen LogP contribution in [0.25, 0.3) is 0 Å². The van der Waals surface area contributed by atoms with Crippen molar-refractivity contribution >= 4 is 17.7 Å². The molecule has 0 aromatic rings. The maximum Gasteiger partial charge on any atom is 0.224 e. The minimum absolute atomic E-state index is 0.285. The van der Waals surface area contributed by atoms with Crippen LogP contribution in [0.3, 0.4) is 0 Å². The van der Waals surface area contributed by atoms with Gasteiger partial charge in [-0.1, -0.05) is 0 Å². The zero-order chi connectivity index (χ0) is 12.0. The van der Waals surface area contributed by atoms with Crippen molar-refractivity contribution in [1.29, 1.82) is 0 Å². The molecule has 3 nitrogen and oxygen atoms in total. The third kappa shape index (κ3) is 4.34. The molecule has 1 amide bonds. The van der Waals surface area contributed by atoms with Gasteiger partial charge in [-0.2, -0.15) is 11.8 Å². The Morgan fingerprint density at radius 2 is 2.38 bits per heavy atom. The van der Waals surface area contributed by atoms with E-state index in [9.17, 15) is 4.79 Å². The molecule has 1 aliphatic heterocycles. The average Bonchev–Trinajstić information content (AvgIpc) is 2.77. The second-order valence-electron chi connectivity index (χ2n) is 4.63.